The van der Waals surface area contributed by atoms with Crippen LogP contribution in [-0.4, -0.2) is 35.5 Å². The van der Waals surface area contributed by atoms with Gasteiger partial charge in [-0.05, 0) is 25.8 Å². The fourth-order valence-electron chi connectivity index (χ4n) is 1.18. The first-order valence-corrected chi connectivity index (χ1v) is 5.04. The Bertz CT molecular complexity index is 124. The van der Waals surface area contributed by atoms with E-state index in [4.69, 9.17) is 10.2 Å². The molecule has 0 radical (unpaired) electrons. The summed E-state index contributed by atoms with van der Waals surface area (Å²) >= 11 is 0. The summed E-state index contributed by atoms with van der Waals surface area (Å²) in [4.78, 5) is 0. The molecule has 0 spiro atoms. The molecule has 0 saturated carbocycles. The van der Waals surface area contributed by atoms with Crippen LogP contribution in [0.5, 0.6) is 0 Å². The van der Waals surface area contributed by atoms with Gasteiger partial charge in [0.2, 0.25) is 0 Å². The first-order valence-electron chi connectivity index (χ1n) is 5.04. The third-order valence-corrected chi connectivity index (χ3v) is 2.36. The van der Waals surface area contributed by atoms with E-state index in [2.05, 4.69) is 19.2 Å². The Labute approximate surface area is 81.2 Å². The molecule has 0 saturated heterocycles. The van der Waals surface area contributed by atoms with Crippen LogP contribution in [0.4, 0.5) is 0 Å². The van der Waals surface area contributed by atoms with E-state index >= 15 is 0 Å². The zero-order chi connectivity index (χ0) is 10.3. The normalized spacial score (nSPS) is 14.5. The maximum atomic E-state index is 9.01. The van der Waals surface area contributed by atoms with Crippen LogP contribution in [0.2, 0.25) is 0 Å². The van der Waals surface area contributed by atoms with Crippen LogP contribution >= 0.6 is 0 Å². The lowest BCUT2D eigenvalue weighted by molar-refractivity contribution is 0.101. The molecule has 0 aliphatic carbocycles. The van der Waals surface area contributed by atoms with Crippen LogP contribution in [0, 0.1) is 5.92 Å². The Hall–Kier alpha value is -0.120. The van der Waals surface area contributed by atoms with Crippen molar-refractivity contribution in [2.75, 3.05) is 19.8 Å². The van der Waals surface area contributed by atoms with Gasteiger partial charge in [-0.15, -0.1) is 0 Å². The van der Waals surface area contributed by atoms with Gasteiger partial charge in [-0.3, -0.25) is 0 Å². The molecule has 0 aromatic heterocycles. The van der Waals surface area contributed by atoms with Crippen LogP contribution in [-0.2, 0) is 0 Å². The van der Waals surface area contributed by atoms with Gasteiger partial charge in [0.05, 0.1) is 18.8 Å². The summed E-state index contributed by atoms with van der Waals surface area (Å²) in [5, 5.41) is 21.2. The lowest BCUT2D eigenvalue weighted by Crippen LogP contribution is -2.50. The molecule has 3 heteroatoms. The van der Waals surface area contributed by atoms with E-state index in [-0.39, 0.29) is 13.2 Å². The molecule has 0 rings (SSSR count). The average molecular weight is 189 g/mol. The third kappa shape index (κ3) is 5.24. The molecule has 3 N–H and O–H groups in total. The summed E-state index contributed by atoms with van der Waals surface area (Å²) in [5.41, 5.74) is -0.526. The molecular formula is C10H23NO2. The lowest BCUT2D eigenvalue weighted by Gasteiger charge is -2.28. The van der Waals surface area contributed by atoms with Crippen molar-refractivity contribution >= 4 is 0 Å². The number of rotatable bonds is 7. The van der Waals surface area contributed by atoms with E-state index in [0.29, 0.717) is 5.92 Å². The highest BCUT2D eigenvalue weighted by Gasteiger charge is 2.21. The number of nitrogens with one attached hydrogen (secondary N) is 1. The van der Waals surface area contributed by atoms with Gasteiger partial charge in [0.15, 0.2) is 0 Å². The largest absolute Gasteiger partial charge is 0.394 e. The Morgan fingerprint density at radius 3 is 2.23 bits per heavy atom. The van der Waals surface area contributed by atoms with Crippen molar-refractivity contribution in [1.82, 2.24) is 5.32 Å². The number of hydrogen-bond acceptors (Lipinski definition) is 3. The highest BCUT2D eigenvalue weighted by atomic mass is 16.3. The van der Waals surface area contributed by atoms with E-state index in [0.717, 1.165) is 6.54 Å². The van der Waals surface area contributed by atoms with Crippen LogP contribution in [0.3, 0.4) is 0 Å². The zero-order valence-electron chi connectivity index (χ0n) is 9.01. The quantitative estimate of drug-likeness (QED) is 0.554. The monoisotopic (exact) mass is 189 g/mol. The summed E-state index contributed by atoms with van der Waals surface area (Å²) in [7, 11) is 0. The number of aliphatic hydroxyl groups excluding tert-OH is 2. The molecule has 0 heterocycles. The van der Waals surface area contributed by atoms with Crippen molar-refractivity contribution in [3.05, 3.63) is 0 Å². The van der Waals surface area contributed by atoms with Crippen molar-refractivity contribution in [2.24, 2.45) is 5.92 Å². The fourth-order valence-corrected chi connectivity index (χ4v) is 1.18. The van der Waals surface area contributed by atoms with Crippen molar-refractivity contribution in [2.45, 2.75) is 39.2 Å². The van der Waals surface area contributed by atoms with Crippen LogP contribution < -0.4 is 5.32 Å². The maximum Gasteiger partial charge on any atom is 0.0633 e. The molecule has 0 aromatic rings. The van der Waals surface area contributed by atoms with E-state index in [1.54, 1.807) is 0 Å². The predicted octanol–water partition coefficient (Wildman–Crippen LogP) is 0.755. The zero-order valence-corrected chi connectivity index (χ0v) is 9.01. The van der Waals surface area contributed by atoms with Crippen LogP contribution in [0.25, 0.3) is 0 Å². The summed E-state index contributed by atoms with van der Waals surface area (Å²) in [6, 6.07) is 0. The second-order valence-electron chi connectivity index (χ2n) is 4.15. The summed E-state index contributed by atoms with van der Waals surface area (Å²) in [5.74, 6) is 0.599. The van der Waals surface area contributed by atoms with Crippen LogP contribution in [0.1, 0.15) is 33.6 Å². The van der Waals surface area contributed by atoms with Gasteiger partial charge in [-0.1, -0.05) is 20.3 Å². The predicted molar refractivity (Wildman–Crippen MR) is 54.7 cm³/mol. The minimum Gasteiger partial charge on any atom is -0.394 e. The molecule has 80 valence electrons. The SMILES string of the molecule is CCCC(C)CNC(C)(CO)CO. The molecule has 13 heavy (non-hydrogen) atoms. The highest BCUT2D eigenvalue weighted by Crippen LogP contribution is 2.06. The first-order chi connectivity index (χ1) is 6.08. The van der Waals surface area contributed by atoms with Gasteiger partial charge >= 0.3 is 0 Å². The molecule has 1 unspecified atom stereocenters. The van der Waals surface area contributed by atoms with Crippen molar-refractivity contribution in [3.63, 3.8) is 0 Å². The summed E-state index contributed by atoms with van der Waals surface area (Å²) in [6.45, 7) is 6.96. The van der Waals surface area contributed by atoms with E-state index in [1.165, 1.54) is 12.8 Å². The molecule has 0 amide bonds. The molecule has 0 fully saturated rings. The molecule has 0 aliphatic heterocycles. The molecule has 3 nitrogen and oxygen atoms in total. The van der Waals surface area contributed by atoms with Crippen molar-refractivity contribution < 1.29 is 10.2 Å². The highest BCUT2D eigenvalue weighted by molar-refractivity contribution is 4.81. The number of aliphatic hydroxyl groups is 2. The molecular weight excluding hydrogens is 166 g/mol. The van der Waals surface area contributed by atoms with Crippen molar-refractivity contribution in [3.8, 4) is 0 Å². The van der Waals surface area contributed by atoms with E-state index in [9.17, 15) is 0 Å². The number of hydrogen-bond donors (Lipinski definition) is 3. The molecule has 0 aliphatic rings. The maximum absolute atomic E-state index is 9.01. The van der Waals surface area contributed by atoms with Crippen molar-refractivity contribution in [1.29, 1.82) is 0 Å². The van der Waals surface area contributed by atoms with Gasteiger partial charge in [-0.2, -0.15) is 0 Å². The van der Waals surface area contributed by atoms with Gasteiger partial charge in [0.1, 0.15) is 0 Å². The lowest BCUT2D eigenvalue weighted by atomic mass is 10.0. The molecule has 0 bridgehead atoms. The minimum absolute atomic E-state index is 0.0255. The smallest absolute Gasteiger partial charge is 0.0633 e. The van der Waals surface area contributed by atoms with Gasteiger partial charge in [0.25, 0.3) is 0 Å². The topological polar surface area (TPSA) is 52.5 Å². The first kappa shape index (κ1) is 12.9. The standard InChI is InChI=1S/C10H23NO2/c1-4-5-9(2)6-11-10(3,7-12)8-13/h9,11-13H,4-8H2,1-3H3. The second kappa shape index (κ2) is 6.35. The van der Waals surface area contributed by atoms with Gasteiger partial charge < -0.3 is 15.5 Å². The summed E-state index contributed by atoms with van der Waals surface area (Å²) in [6.07, 6.45) is 2.36. The summed E-state index contributed by atoms with van der Waals surface area (Å²) < 4.78 is 0. The Morgan fingerprint density at radius 1 is 1.31 bits per heavy atom. The fraction of sp³-hybridized carbons (Fsp3) is 1.00. The molecule has 0 aromatic carbocycles. The van der Waals surface area contributed by atoms with Gasteiger partial charge in [-0.25, -0.2) is 0 Å². The van der Waals surface area contributed by atoms with E-state index < -0.39 is 5.54 Å². The van der Waals surface area contributed by atoms with Crippen LogP contribution in [0.15, 0.2) is 0 Å². The minimum atomic E-state index is -0.526. The second-order valence-corrected chi connectivity index (χ2v) is 4.15. The molecule has 1 atom stereocenters. The Kier molecular flexibility index (Phi) is 6.29. The Balaban J connectivity index is 3.71. The Morgan fingerprint density at radius 2 is 1.85 bits per heavy atom. The van der Waals surface area contributed by atoms with E-state index in [1.807, 2.05) is 6.92 Å². The third-order valence-electron chi connectivity index (χ3n) is 2.36. The average Bonchev–Trinajstić information content (AvgIpc) is 2.15. The van der Waals surface area contributed by atoms with Gasteiger partial charge in [0, 0.05) is 0 Å².